The quantitative estimate of drug-likeness (QED) is 0.130. The van der Waals surface area contributed by atoms with Crippen molar-refractivity contribution in [1.29, 1.82) is 0 Å². The lowest BCUT2D eigenvalue weighted by Gasteiger charge is -2.32. The van der Waals surface area contributed by atoms with Crippen LogP contribution in [0, 0.1) is 5.92 Å². The maximum absolute atomic E-state index is 13.6. The van der Waals surface area contributed by atoms with Crippen molar-refractivity contribution in [3.8, 4) is 11.5 Å². The highest BCUT2D eigenvalue weighted by Gasteiger charge is 2.43. The molecule has 1 aromatic carbocycles. The number of aromatic nitrogens is 1. The maximum atomic E-state index is 13.6. The van der Waals surface area contributed by atoms with Crippen molar-refractivity contribution < 1.29 is 33.6 Å². The highest BCUT2D eigenvalue weighted by atomic mass is 35.5. The van der Waals surface area contributed by atoms with Gasteiger partial charge in [-0.25, -0.2) is 9.59 Å². The number of aliphatic hydroxyl groups is 1. The zero-order valence-electron chi connectivity index (χ0n) is 27.4. The van der Waals surface area contributed by atoms with Crippen molar-refractivity contribution in [3.05, 3.63) is 96.0 Å². The maximum Gasteiger partial charge on any atom is 0.348 e. The monoisotopic (exact) mass is 747 g/mol. The predicted octanol–water partition coefficient (Wildman–Crippen LogP) is 6.53. The molecule has 14 heteroatoms. The first-order chi connectivity index (χ1) is 23.7. The summed E-state index contributed by atoms with van der Waals surface area (Å²) < 4.78 is 22.8. The van der Waals surface area contributed by atoms with Crippen LogP contribution >= 0.6 is 45.9 Å². The summed E-state index contributed by atoms with van der Waals surface area (Å²) in [4.78, 5) is 35.3. The number of likely N-dealkylation sites (tertiary alicyclic amines) is 1. The third kappa shape index (κ3) is 8.93. The molecule has 0 spiro atoms. The number of pyridine rings is 1. The van der Waals surface area contributed by atoms with Gasteiger partial charge in [-0.05, 0) is 85.7 Å². The van der Waals surface area contributed by atoms with E-state index < -0.39 is 30.2 Å². The molecule has 4 aromatic rings. The van der Waals surface area contributed by atoms with Gasteiger partial charge >= 0.3 is 11.9 Å². The molecule has 2 N–H and O–H groups in total. The molecule has 1 fully saturated rings. The van der Waals surface area contributed by atoms with E-state index >= 15 is 0 Å². The van der Waals surface area contributed by atoms with Crippen molar-refractivity contribution in [1.82, 2.24) is 15.2 Å². The molecule has 0 radical (unpaired) electrons. The standard InChI is InChI=1S/C35H39Cl2N3O7S2/c1-40-12-10-22(11-13-40)20-46-34(43)35(21-41,32-5-4-14-48-32)39-17-24-7-9-31(49-24)33(42)47-29(16-25-26(36)18-38-19-27(25)37)23-6-8-28(44-2)30(15-23)45-3/h4-9,14-15,18-19,22,29,39,41H,10-13,16-17,20-21H2,1-3H3/t29-,35?/m0/s1. The Bertz CT molecular complexity index is 1690. The van der Waals surface area contributed by atoms with Gasteiger partial charge in [0.05, 0.1) is 37.5 Å². The molecule has 4 heterocycles. The van der Waals surface area contributed by atoms with Gasteiger partial charge in [-0.1, -0.05) is 35.3 Å². The van der Waals surface area contributed by atoms with Crippen LogP contribution in [0.2, 0.25) is 10.0 Å². The third-order valence-electron chi connectivity index (χ3n) is 8.61. The minimum Gasteiger partial charge on any atom is -0.493 e. The Morgan fingerprint density at radius 1 is 1.08 bits per heavy atom. The number of ether oxygens (including phenoxy) is 4. The number of aliphatic hydroxyl groups excluding tert-OH is 1. The van der Waals surface area contributed by atoms with E-state index in [1.807, 2.05) is 11.4 Å². The van der Waals surface area contributed by atoms with E-state index in [0.717, 1.165) is 30.8 Å². The summed E-state index contributed by atoms with van der Waals surface area (Å²) in [5.74, 6) is 0.193. The average Bonchev–Trinajstić information content (AvgIpc) is 3.83. The summed E-state index contributed by atoms with van der Waals surface area (Å²) in [5.41, 5.74) is -0.222. The van der Waals surface area contributed by atoms with Gasteiger partial charge in [-0.3, -0.25) is 10.3 Å². The number of nitrogens with zero attached hydrogens (tertiary/aromatic N) is 2. The Morgan fingerprint density at radius 2 is 1.82 bits per heavy atom. The van der Waals surface area contributed by atoms with Gasteiger partial charge in [0, 0.05) is 35.1 Å². The van der Waals surface area contributed by atoms with Crippen molar-refractivity contribution in [3.63, 3.8) is 0 Å². The number of nitrogens with one attached hydrogen (secondary N) is 1. The van der Waals surface area contributed by atoms with Gasteiger partial charge in [0.15, 0.2) is 17.0 Å². The molecule has 0 saturated carbocycles. The Morgan fingerprint density at radius 3 is 2.47 bits per heavy atom. The first kappa shape index (κ1) is 37.0. The number of carbonyl (C=O) groups is 2. The molecule has 2 atom stereocenters. The zero-order chi connectivity index (χ0) is 35.0. The lowest BCUT2D eigenvalue weighted by atomic mass is 9.96. The number of thiophene rings is 2. The van der Waals surface area contributed by atoms with Crippen LogP contribution in [0.25, 0.3) is 0 Å². The van der Waals surface area contributed by atoms with Gasteiger partial charge in [0.1, 0.15) is 11.0 Å². The highest BCUT2D eigenvalue weighted by Crippen LogP contribution is 2.36. The van der Waals surface area contributed by atoms with Crippen molar-refractivity contribution >= 4 is 57.8 Å². The Kier molecular flexibility index (Phi) is 12.9. The molecule has 1 unspecified atom stereocenters. The van der Waals surface area contributed by atoms with E-state index in [4.69, 9.17) is 42.1 Å². The predicted molar refractivity (Wildman–Crippen MR) is 191 cm³/mol. The normalized spacial score (nSPS) is 15.7. The minimum absolute atomic E-state index is 0.181. The van der Waals surface area contributed by atoms with Crippen LogP contribution in [0.3, 0.4) is 0 Å². The Hall–Kier alpha value is -3.23. The average molecular weight is 749 g/mol. The summed E-state index contributed by atoms with van der Waals surface area (Å²) in [7, 11) is 5.15. The van der Waals surface area contributed by atoms with Crippen LogP contribution in [-0.2, 0) is 32.8 Å². The SMILES string of the molecule is COc1ccc([C@H](Cc2c(Cl)cncc2Cl)OC(=O)c2ccc(CNC(CO)(C(=O)OCC3CCN(C)CC3)c3cccs3)s2)cc1OC. The topological polar surface area (TPSA) is 119 Å². The first-order valence-corrected chi connectivity index (χ1v) is 18.2. The second-order valence-corrected chi connectivity index (χ2v) is 14.7. The molecule has 0 bridgehead atoms. The lowest BCUT2D eigenvalue weighted by Crippen LogP contribution is -2.52. The molecule has 3 aromatic heterocycles. The molecule has 1 aliphatic rings. The Balaban J connectivity index is 1.32. The Labute approximate surface area is 303 Å². The number of hydrogen-bond donors (Lipinski definition) is 2. The minimum atomic E-state index is -1.45. The van der Waals surface area contributed by atoms with Gasteiger partial charge in [0.25, 0.3) is 0 Å². The number of benzene rings is 1. The smallest absolute Gasteiger partial charge is 0.348 e. The van der Waals surface area contributed by atoms with E-state index in [1.54, 1.807) is 43.5 Å². The van der Waals surface area contributed by atoms with Crippen LogP contribution in [0.5, 0.6) is 11.5 Å². The molecule has 1 aliphatic heterocycles. The fourth-order valence-electron chi connectivity index (χ4n) is 5.63. The fraction of sp³-hybridized carbons (Fsp3) is 0.400. The molecule has 49 heavy (non-hydrogen) atoms. The van der Waals surface area contributed by atoms with Crippen molar-refractivity contribution in [2.75, 3.05) is 47.6 Å². The van der Waals surface area contributed by atoms with Crippen molar-refractivity contribution in [2.45, 2.75) is 37.5 Å². The van der Waals surface area contributed by atoms with Gasteiger partial charge in [-0.2, -0.15) is 0 Å². The zero-order valence-corrected chi connectivity index (χ0v) is 30.6. The summed E-state index contributed by atoms with van der Waals surface area (Å²) >= 11 is 15.5. The van der Waals surface area contributed by atoms with E-state index in [1.165, 1.54) is 42.2 Å². The second-order valence-electron chi connectivity index (χ2n) is 11.8. The number of methoxy groups -OCH3 is 2. The van der Waals surface area contributed by atoms with E-state index in [-0.39, 0.29) is 18.9 Å². The van der Waals surface area contributed by atoms with Gasteiger partial charge < -0.3 is 29.0 Å². The van der Waals surface area contributed by atoms with E-state index in [2.05, 4.69) is 22.2 Å². The number of carbonyl (C=O) groups excluding carboxylic acids is 2. The molecular weight excluding hydrogens is 709 g/mol. The molecule has 0 aliphatic carbocycles. The van der Waals surface area contributed by atoms with Crippen LogP contribution < -0.4 is 14.8 Å². The summed E-state index contributed by atoms with van der Waals surface area (Å²) in [6, 6.07) is 12.4. The number of halogens is 2. The number of esters is 2. The van der Waals surface area contributed by atoms with Crippen molar-refractivity contribution in [2.24, 2.45) is 5.92 Å². The van der Waals surface area contributed by atoms with E-state index in [9.17, 15) is 14.7 Å². The van der Waals surface area contributed by atoms with Crippen LogP contribution in [-0.4, -0.2) is 74.5 Å². The van der Waals surface area contributed by atoms with Crippen LogP contribution in [0.4, 0.5) is 0 Å². The molecular formula is C35H39Cl2N3O7S2. The fourth-order valence-corrected chi connectivity index (χ4v) is 7.86. The van der Waals surface area contributed by atoms with Crippen LogP contribution in [0.1, 0.15) is 49.5 Å². The number of hydrogen-bond acceptors (Lipinski definition) is 12. The molecule has 5 rings (SSSR count). The first-order valence-electron chi connectivity index (χ1n) is 15.7. The molecule has 0 amide bonds. The van der Waals surface area contributed by atoms with Gasteiger partial charge in [0.2, 0.25) is 0 Å². The highest BCUT2D eigenvalue weighted by molar-refractivity contribution is 7.14. The summed E-state index contributed by atoms with van der Waals surface area (Å²) in [5, 5.41) is 16.4. The number of piperidine rings is 1. The largest absolute Gasteiger partial charge is 0.493 e. The molecule has 262 valence electrons. The third-order valence-corrected chi connectivity index (χ3v) is 11.4. The second kappa shape index (κ2) is 17.1. The summed E-state index contributed by atoms with van der Waals surface area (Å²) in [6.07, 6.45) is 4.27. The van der Waals surface area contributed by atoms with E-state index in [0.29, 0.717) is 49.0 Å². The molecule has 10 nitrogen and oxygen atoms in total. The molecule has 1 saturated heterocycles. The number of rotatable bonds is 15. The summed E-state index contributed by atoms with van der Waals surface area (Å²) in [6.45, 7) is 1.92. The lowest BCUT2D eigenvalue weighted by molar-refractivity contribution is -0.156. The van der Waals surface area contributed by atoms with Crippen LogP contribution in [0.15, 0.2) is 60.2 Å². The van der Waals surface area contributed by atoms with Gasteiger partial charge in [-0.15, -0.1) is 22.7 Å².